The van der Waals surface area contributed by atoms with Crippen LogP contribution >= 0.6 is 0 Å². The Bertz CT molecular complexity index is 409. The van der Waals surface area contributed by atoms with Gasteiger partial charge in [-0.25, -0.2) is 4.39 Å². The molecule has 0 aliphatic rings. The maximum atomic E-state index is 12.8. The summed E-state index contributed by atoms with van der Waals surface area (Å²) in [7, 11) is 0. The number of benzene rings is 1. The van der Waals surface area contributed by atoms with Gasteiger partial charge in [-0.05, 0) is 12.1 Å². The molecule has 0 aromatic heterocycles. The Balaban J connectivity index is 2.94. The van der Waals surface area contributed by atoms with Crippen molar-refractivity contribution in [3.63, 3.8) is 0 Å². The van der Waals surface area contributed by atoms with E-state index in [2.05, 4.69) is 16.6 Å². The van der Waals surface area contributed by atoms with Crippen LogP contribution in [0.25, 0.3) is 0 Å². The molecule has 1 aromatic carbocycles. The Morgan fingerprint density at radius 1 is 1.38 bits per heavy atom. The van der Waals surface area contributed by atoms with Crippen molar-refractivity contribution < 1.29 is 17.9 Å². The van der Waals surface area contributed by atoms with E-state index in [1.54, 1.807) is 0 Å². The largest absolute Gasteiger partial charge is 0.433 e. The summed E-state index contributed by atoms with van der Waals surface area (Å²) in [6, 6.07) is 3.29. The summed E-state index contributed by atoms with van der Waals surface area (Å²) < 4.78 is 41.0. The molecule has 1 aromatic rings. The van der Waals surface area contributed by atoms with Crippen LogP contribution in [0.1, 0.15) is 12.0 Å². The van der Waals surface area contributed by atoms with Crippen LogP contribution in [-0.4, -0.2) is 13.2 Å². The van der Waals surface area contributed by atoms with E-state index in [4.69, 9.17) is 5.73 Å². The molecule has 0 aliphatic carbocycles. The molecule has 0 saturated carbocycles. The average Bonchev–Trinajstić information content (AvgIpc) is 2.20. The summed E-state index contributed by atoms with van der Waals surface area (Å²) >= 11 is 0. The standard InChI is InChI=1S/C11H10F3NO/c12-9-5-4-8(3-1-2-6-15)10(7-9)16-11(13)14/h4-5,7,11H,2,6,15H2. The molecule has 2 N–H and O–H groups in total. The Morgan fingerprint density at radius 3 is 2.75 bits per heavy atom. The molecule has 0 radical (unpaired) electrons. The van der Waals surface area contributed by atoms with Gasteiger partial charge in [-0.1, -0.05) is 11.8 Å². The monoisotopic (exact) mass is 229 g/mol. The minimum Gasteiger partial charge on any atom is -0.433 e. The number of nitrogens with two attached hydrogens (primary N) is 1. The van der Waals surface area contributed by atoms with Crippen molar-refractivity contribution in [1.82, 2.24) is 0 Å². The summed E-state index contributed by atoms with van der Waals surface area (Å²) in [6.07, 6.45) is 0.436. The molecule has 0 atom stereocenters. The fraction of sp³-hybridized carbons (Fsp3) is 0.273. The quantitative estimate of drug-likeness (QED) is 0.806. The van der Waals surface area contributed by atoms with Crippen LogP contribution in [0.5, 0.6) is 5.75 Å². The molecule has 0 fully saturated rings. The van der Waals surface area contributed by atoms with Crippen LogP contribution in [0, 0.1) is 17.7 Å². The molecule has 5 heteroatoms. The molecule has 2 nitrogen and oxygen atoms in total. The van der Waals surface area contributed by atoms with Gasteiger partial charge in [0.05, 0.1) is 5.56 Å². The van der Waals surface area contributed by atoms with Crippen molar-refractivity contribution in [3.05, 3.63) is 29.6 Å². The normalized spacial score (nSPS) is 9.81. The van der Waals surface area contributed by atoms with E-state index in [9.17, 15) is 13.2 Å². The Morgan fingerprint density at radius 2 is 2.12 bits per heavy atom. The molecular formula is C11H10F3NO. The van der Waals surface area contributed by atoms with Crippen LogP contribution in [0.3, 0.4) is 0 Å². The molecule has 16 heavy (non-hydrogen) atoms. The third kappa shape index (κ3) is 3.83. The first-order chi connectivity index (χ1) is 7.63. The first kappa shape index (κ1) is 12.4. The smallest absolute Gasteiger partial charge is 0.387 e. The molecule has 0 spiro atoms. The maximum absolute atomic E-state index is 12.8. The second kappa shape index (κ2) is 6.03. The molecule has 0 saturated heterocycles. The fourth-order valence-electron chi connectivity index (χ4n) is 1.02. The van der Waals surface area contributed by atoms with E-state index in [0.717, 1.165) is 12.1 Å². The van der Waals surface area contributed by atoms with Crippen molar-refractivity contribution in [2.24, 2.45) is 5.73 Å². The Hall–Kier alpha value is -1.67. The molecule has 86 valence electrons. The summed E-state index contributed by atoms with van der Waals surface area (Å²) in [5, 5.41) is 0. The Labute approximate surface area is 91.2 Å². The van der Waals surface area contributed by atoms with Gasteiger partial charge in [-0.15, -0.1) is 0 Å². The van der Waals surface area contributed by atoms with Gasteiger partial charge in [0.1, 0.15) is 11.6 Å². The van der Waals surface area contributed by atoms with Gasteiger partial charge in [-0.3, -0.25) is 0 Å². The molecule has 1 rings (SSSR count). The SMILES string of the molecule is NCCC#Cc1ccc(F)cc1OC(F)F. The lowest BCUT2D eigenvalue weighted by Crippen LogP contribution is -2.04. The van der Waals surface area contributed by atoms with Crippen molar-refractivity contribution in [2.45, 2.75) is 13.0 Å². The third-order valence-corrected chi connectivity index (χ3v) is 1.65. The highest BCUT2D eigenvalue weighted by Gasteiger charge is 2.09. The van der Waals surface area contributed by atoms with Crippen molar-refractivity contribution in [1.29, 1.82) is 0 Å². The number of hydrogen-bond acceptors (Lipinski definition) is 2. The van der Waals surface area contributed by atoms with E-state index in [1.165, 1.54) is 6.07 Å². The zero-order valence-electron chi connectivity index (χ0n) is 8.34. The van der Waals surface area contributed by atoms with Gasteiger partial charge < -0.3 is 10.5 Å². The highest BCUT2D eigenvalue weighted by molar-refractivity contribution is 5.46. The average molecular weight is 229 g/mol. The van der Waals surface area contributed by atoms with E-state index in [1.807, 2.05) is 0 Å². The third-order valence-electron chi connectivity index (χ3n) is 1.65. The molecule has 0 heterocycles. The number of rotatable bonds is 3. The first-order valence-electron chi connectivity index (χ1n) is 4.57. The lowest BCUT2D eigenvalue weighted by Gasteiger charge is -2.06. The second-order valence-corrected chi connectivity index (χ2v) is 2.86. The second-order valence-electron chi connectivity index (χ2n) is 2.86. The minimum absolute atomic E-state index is 0.218. The van der Waals surface area contributed by atoms with E-state index in [0.29, 0.717) is 13.0 Å². The minimum atomic E-state index is -3.00. The lowest BCUT2D eigenvalue weighted by atomic mass is 10.2. The summed E-state index contributed by atoms with van der Waals surface area (Å²) in [4.78, 5) is 0. The molecule has 0 amide bonds. The van der Waals surface area contributed by atoms with Crippen LogP contribution in [0.2, 0.25) is 0 Å². The topological polar surface area (TPSA) is 35.2 Å². The molecule has 0 bridgehead atoms. The van der Waals surface area contributed by atoms with Gasteiger partial charge in [0.2, 0.25) is 0 Å². The predicted octanol–water partition coefficient (Wildman–Crippen LogP) is 2.13. The molecule has 0 aliphatic heterocycles. The number of ether oxygens (including phenoxy) is 1. The first-order valence-corrected chi connectivity index (χ1v) is 4.57. The van der Waals surface area contributed by atoms with Crippen molar-refractivity contribution >= 4 is 0 Å². The van der Waals surface area contributed by atoms with Gasteiger partial charge >= 0.3 is 6.61 Å². The molecular weight excluding hydrogens is 219 g/mol. The van der Waals surface area contributed by atoms with Gasteiger partial charge in [0.15, 0.2) is 0 Å². The van der Waals surface area contributed by atoms with Crippen LogP contribution in [-0.2, 0) is 0 Å². The van der Waals surface area contributed by atoms with E-state index in [-0.39, 0.29) is 11.3 Å². The van der Waals surface area contributed by atoms with Gasteiger partial charge in [-0.2, -0.15) is 8.78 Å². The number of halogens is 3. The Kier molecular flexibility index (Phi) is 4.67. The highest BCUT2D eigenvalue weighted by Crippen LogP contribution is 2.21. The number of alkyl halides is 2. The van der Waals surface area contributed by atoms with Crippen molar-refractivity contribution in [2.75, 3.05) is 6.54 Å². The zero-order valence-corrected chi connectivity index (χ0v) is 8.34. The van der Waals surface area contributed by atoms with Crippen molar-refractivity contribution in [3.8, 4) is 17.6 Å². The van der Waals surface area contributed by atoms with Crippen LogP contribution < -0.4 is 10.5 Å². The lowest BCUT2D eigenvalue weighted by molar-refractivity contribution is -0.0501. The predicted molar refractivity (Wildman–Crippen MR) is 53.6 cm³/mol. The van der Waals surface area contributed by atoms with E-state index < -0.39 is 12.4 Å². The van der Waals surface area contributed by atoms with Gasteiger partial charge in [0.25, 0.3) is 0 Å². The van der Waals surface area contributed by atoms with Gasteiger partial charge in [0, 0.05) is 19.0 Å². The highest BCUT2D eigenvalue weighted by atomic mass is 19.3. The fourth-order valence-corrected chi connectivity index (χ4v) is 1.02. The number of hydrogen-bond donors (Lipinski definition) is 1. The maximum Gasteiger partial charge on any atom is 0.387 e. The summed E-state index contributed by atoms with van der Waals surface area (Å²) in [6.45, 7) is -2.63. The van der Waals surface area contributed by atoms with Crippen LogP contribution in [0.15, 0.2) is 18.2 Å². The zero-order chi connectivity index (χ0) is 12.0. The summed E-state index contributed by atoms with van der Waals surface area (Å²) in [5.41, 5.74) is 5.44. The molecule has 0 unspecified atom stereocenters. The summed E-state index contributed by atoms with van der Waals surface area (Å²) in [5.74, 6) is 4.34. The van der Waals surface area contributed by atoms with E-state index >= 15 is 0 Å². The van der Waals surface area contributed by atoms with Crippen LogP contribution in [0.4, 0.5) is 13.2 Å².